The van der Waals surface area contributed by atoms with Gasteiger partial charge in [-0.1, -0.05) is 35.5 Å². The molecule has 2 heterocycles. The molecule has 1 aromatic heterocycles. The minimum absolute atomic E-state index is 0.00177. The van der Waals surface area contributed by atoms with Crippen LogP contribution in [-0.2, 0) is 17.8 Å². The molecule has 128 valence electrons. The second-order valence-corrected chi connectivity index (χ2v) is 6.45. The lowest BCUT2D eigenvalue weighted by Gasteiger charge is -2.32. The maximum Gasteiger partial charge on any atom is 0.241 e. The van der Waals surface area contributed by atoms with Gasteiger partial charge in [0.15, 0.2) is 0 Å². The van der Waals surface area contributed by atoms with E-state index < -0.39 is 0 Å². The molecular weight excluding hydrogens is 302 g/mol. The average Bonchev–Trinajstić information content (AvgIpc) is 3.12. The lowest BCUT2D eigenvalue weighted by Crippen LogP contribution is -2.42. The summed E-state index contributed by atoms with van der Waals surface area (Å²) in [6.45, 7) is 4.31. The van der Waals surface area contributed by atoms with Gasteiger partial charge in [-0.15, -0.1) is 5.10 Å². The number of carbonyl (C=O) groups is 1. The molecule has 1 aliphatic rings. The van der Waals surface area contributed by atoms with Crippen LogP contribution in [0.25, 0.3) is 0 Å². The Morgan fingerprint density at radius 1 is 1.29 bits per heavy atom. The van der Waals surface area contributed by atoms with Gasteiger partial charge >= 0.3 is 0 Å². The number of hydrogen-bond acceptors (Lipinski definition) is 4. The fraction of sp³-hybridized carbons (Fsp3) is 0.500. The molecule has 24 heavy (non-hydrogen) atoms. The van der Waals surface area contributed by atoms with Crippen LogP contribution in [0.4, 0.5) is 0 Å². The first kappa shape index (κ1) is 16.6. The number of likely N-dealkylation sites (tertiary alicyclic amines) is 1. The molecule has 1 amide bonds. The van der Waals surface area contributed by atoms with E-state index in [4.69, 9.17) is 0 Å². The molecular formula is C18H25N5O. The highest BCUT2D eigenvalue weighted by atomic mass is 16.2. The number of nitrogens with one attached hydrogen (secondary N) is 1. The van der Waals surface area contributed by atoms with Crippen molar-refractivity contribution in [3.05, 3.63) is 48.3 Å². The van der Waals surface area contributed by atoms with Crippen LogP contribution in [0.5, 0.6) is 0 Å². The molecule has 0 aliphatic carbocycles. The standard InChI is InChI=1S/C18H25N5O/c24-18(15-23-12-9-20-21-23)19-13-17-7-4-10-22(14-17)11-8-16-5-2-1-3-6-16/h1-3,5-6,9,12,17H,4,7-8,10-11,13-15H2,(H,19,24). The molecule has 3 rings (SSSR count). The molecule has 1 aliphatic heterocycles. The number of benzene rings is 1. The molecule has 0 radical (unpaired) electrons. The topological polar surface area (TPSA) is 63.1 Å². The van der Waals surface area contributed by atoms with Gasteiger partial charge in [0.05, 0.1) is 6.20 Å². The van der Waals surface area contributed by atoms with Crippen LogP contribution in [0.15, 0.2) is 42.7 Å². The van der Waals surface area contributed by atoms with E-state index >= 15 is 0 Å². The summed E-state index contributed by atoms with van der Waals surface area (Å²) in [5.74, 6) is 0.538. The summed E-state index contributed by atoms with van der Waals surface area (Å²) < 4.78 is 1.54. The zero-order chi connectivity index (χ0) is 16.6. The first-order chi connectivity index (χ1) is 11.8. The molecule has 6 nitrogen and oxygen atoms in total. The third-order valence-electron chi connectivity index (χ3n) is 4.53. The molecule has 6 heteroatoms. The Morgan fingerprint density at radius 2 is 2.17 bits per heavy atom. The van der Waals surface area contributed by atoms with Gasteiger partial charge in [0.25, 0.3) is 0 Å². The highest BCUT2D eigenvalue weighted by Gasteiger charge is 2.20. The van der Waals surface area contributed by atoms with Gasteiger partial charge in [0.1, 0.15) is 6.54 Å². The van der Waals surface area contributed by atoms with Crippen molar-refractivity contribution in [3.8, 4) is 0 Å². The molecule has 1 atom stereocenters. The molecule has 1 saturated heterocycles. The number of piperidine rings is 1. The number of carbonyl (C=O) groups excluding carboxylic acids is 1. The predicted octanol–water partition coefficient (Wildman–Crippen LogP) is 1.35. The van der Waals surface area contributed by atoms with Gasteiger partial charge in [0.2, 0.25) is 5.91 Å². The van der Waals surface area contributed by atoms with Gasteiger partial charge in [-0.05, 0) is 37.3 Å². The summed E-state index contributed by atoms with van der Waals surface area (Å²) in [6, 6.07) is 10.6. The van der Waals surface area contributed by atoms with Crippen molar-refractivity contribution in [1.29, 1.82) is 0 Å². The first-order valence-electron chi connectivity index (χ1n) is 8.66. The normalized spacial score (nSPS) is 18.4. The van der Waals surface area contributed by atoms with Crippen molar-refractivity contribution in [2.24, 2.45) is 5.92 Å². The maximum absolute atomic E-state index is 11.9. The van der Waals surface area contributed by atoms with Crippen LogP contribution in [0.1, 0.15) is 18.4 Å². The van der Waals surface area contributed by atoms with E-state index in [0.29, 0.717) is 5.92 Å². The van der Waals surface area contributed by atoms with Crippen LogP contribution in [0.2, 0.25) is 0 Å². The fourth-order valence-corrected chi connectivity index (χ4v) is 3.23. The fourth-order valence-electron chi connectivity index (χ4n) is 3.23. The van der Waals surface area contributed by atoms with Crippen molar-refractivity contribution in [2.75, 3.05) is 26.2 Å². The first-order valence-corrected chi connectivity index (χ1v) is 8.66. The van der Waals surface area contributed by atoms with Gasteiger partial charge in [-0.25, -0.2) is 4.68 Å². The van der Waals surface area contributed by atoms with Crippen LogP contribution in [0, 0.1) is 5.92 Å². The van der Waals surface area contributed by atoms with Gasteiger partial charge < -0.3 is 10.2 Å². The Morgan fingerprint density at radius 3 is 2.96 bits per heavy atom. The zero-order valence-corrected chi connectivity index (χ0v) is 14.0. The van der Waals surface area contributed by atoms with E-state index in [9.17, 15) is 4.79 Å². The van der Waals surface area contributed by atoms with Crippen LogP contribution in [-0.4, -0.2) is 52.0 Å². The maximum atomic E-state index is 11.9. The van der Waals surface area contributed by atoms with E-state index in [0.717, 1.165) is 32.6 Å². The largest absolute Gasteiger partial charge is 0.354 e. The monoisotopic (exact) mass is 327 g/mol. The second-order valence-electron chi connectivity index (χ2n) is 6.45. The van der Waals surface area contributed by atoms with E-state index in [1.54, 1.807) is 17.1 Å². The third-order valence-corrected chi connectivity index (χ3v) is 4.53. The number of hydrogen-bond donors (Lipinski definition) is 1. The summed E-state index contributed by atoms with van der Waals surface area (Å²) >= 11 is 0. The van der Waals surface area contributed by atoms with Crippen LogP contribution in [0.3, 0.4) is 0 Å². The van der Waals surface area contributed by atoms with E-state index in [2.05, 4.69) is 50.9 Å². The van der Waals surface area contributed by atoms with E-state index in [1.807, 2.05) is 0 Å². The summed E-state index contributed by atoms with van der Waals surface area (Å²) in [6.07, 6.45) is 6.76. The highest BCUT2D eigenvalue weighted by Crippen LogP contribution is 2.16. The molecule has 0 saturated carbocycles. The number of amides is 1. The quantitative estimate of drug-likeness (QED) is 0.834. The lowest BCUT2D eigenvalue weighted by atomic mass is 9.97. The minimum atomic E-state index is 0.00177. The smallest absolute Gasteiger partial charge is 0.241 e. The second kappa shape index (κ2) is 8.59. The average molecular weight is 327 g/mol. The minimum Gasteiger partial charge on any atom is -0.354 e. The summed E-state index contributed by atoms with van der Waals surface area (Å²) in [5.41, 5.74) is 1.39. The Balaban J connectivity index is 1.38. The number of rotatable bonds is 7. The van der Waals surface area contributed by atoms with Gasteiger partial charge in [-0.2, -0.15) is 0 Å². The molecule has 0 bridgehead atoms. The Kier molecular flexibility index (Phi) is 5.96. The van der Waals surface area contributed by atoms with Gasteiger partial charge in [0, 0.05) is 25.8 Å². The van der Waals surface area contributed by atoms with Crippen molar-refractivity contribution in [1.82, 2.24) is 25.2 Å². The van der Waals surface area contributed by atoms with Crippen molar-refractivity contribution >= 4 is 5.91 Å². The predicted molar refractivity (Wildman–Crippen MR) is 92.3 cm³/mol. The molecule has 2 aromatic rings. The van der Waals surface area contributed by atoms with Crippen LogP contribution >= 0.6 is 0 Å². The van der Waals surface area contributed by atoms with E-state index in [-0.39, 0.29) is 12.5 Å². The zero-order valence-electron chi connectivity index (χ0n) is 14.0. The van der Waals surface area contributed by atoms with E-state index in [1.165, 1.54) is 18.4 Å². The van der Waals surface area contributed by atoms with Crippen molar-refractivity contribution < 1.29 is 4.79 Å². The number of aromatic nitrogens is 3. The van der Waals surface area contributed by atoms with Crippen molar-refractivity contribution in [3.63, 3.8) is 0 Å². The van der Waals surface area contributed by atoms with Crippen molar-refractivity contribution in [2.45, 2.75) is 25.8 Å². The number of nitrogens with zero attached hydrogens (tertiary/aromatic N) is 4. The Labute approximate surface area is 142 Å². The molecule has 1 unspecified atom stereocenters. The Hall–Kier alpha value is -2.21. The summed E-state index contributed by atoms with van der Waals surface area (Å²) in [5, 5.41) is 10.6. The Bertz CT molecular complexity index is 614. The molecule has 0 spiro atoms. The summed E-state index contributed by atoms with van der Waals surface area (Å²) in [7, 11) is 0. The lowest BCUT2D eigenvalue weighted by molar-refractivity contribution is -0.122. The third kappa shape index (κ3) is 5.16. The van der Waals surface area contributed by atoms with Crippen LogP contribution < -0.4 is 5.32 Å². The highest BCUT2D eigenvalue weighted by molar-refractivity contribution is 5.75. The van der Waals surface area contributed by atoms with Gasteiger partial charge in [-0.3, -0.25) is 4.79 Å². The SMILES string of the molecule is O=C(Cn1ccnn1)NCC1CCCN(CCc2ccccc2)C1. The molecule has 1 N–H and O–H groups in total. The summed E-state index contributed by atoms with van der Waals surface area (Å²) in [4.78, 5) is 14.5. The molecule has 1 fully saturated rings. The molecule has 1 aromatic carbocycles.